The number of thioether (sulfide) groups is 1. The van der Waals surface area contributed by atoms with Crippen LogP contribution in [0.4, 0.5) is 4.39 Å². The Balaban J connectivity index is 1.77. The Bertz CT molecular complexity index is 542. The first-order valence-electron chi connectivity index (χ1n) is 6.99. The van der Waals surface area contributed by atoms with Crippen molar-refractivity contribution in [2.45, 2.75) is 31.0 Å². The Hall–Kier alpha value is -1.27. The van der Waals surface area contributed by atoms with Crippen LogP contribution in [0, 0.1) is 5.82 Å². The molecule has 2 fully saturated rings. The van der Waals surface area contributed by atoms with Gasteiger partial charge < -0.3 is 14.6 Å². The molecule has 1 aromatic rings. The Morgan fingerprint density at radius 3 is 3.10 bits per heavy atom. The molecular weight excluding hydrogens is 295 g/mol. The molecule has 0 aromatic heterocycles. The minimum absolute atomic E-state index is 0.00209. The zero-order valence-corrected chi connectivity index (χ0v) is 12.3. The number of rotatable bonds is 3. The molecule has 1 N–H and O–H groups in total. The lowest BCUT2D eigenvalue weighted by Crippen LogP contribution is -2.44. The van der Waals surface area contributed by atoms with Crippen LogP contribution in [-0.2, 0) is 4.74 Å². The van der Waals surface area contributed by atoms with Crippen molar-refractivity contribution in [3.05, 3.63) is 29.6 Å². The quantitative estimate of drug-likeness (QED) is 0.930. The van der Waals surface area contributed by atoms with Crippen molar-refractivity contribution < 1.29 is 23.8 Å². The topological polar surface area (TPSA) is 55.8 Å². The summed E-state index contributed by atoms with van der Waals surface area (Å²) in [6.45, 7) is 0.600. The maximum absolute atomic E-state index is 13.4. The largest absolute Gasteiger partial charge is 0.489 e. The first-order valence-corrected chi connectivity index (χ1v) is 8.15. The molecule has 114 valence electrons. The summed E-state index contributed by atoms with van der Waals surface area (Å²) < 4.78 is 25.1. The fourth-order valence-electron chi connectivity index (χ4n) is 2.90. The van der Waals surface area contributed by atoms with Crippen LogP contribution in [0.5, 0.6) is 5.75 Å². The second-order valence-corrected chi connectivity index (χ2v) is 6.62. The number of ether oxygens (including phenoxy) is 2. The SMILES string of the molecule is O=C(O)c1ccc(F)cc1OC1CCOC2(CCSC2)C1. The zero-order chi connectivity index (χ0) is 14.9. The number of carbonyl (C=O) groups is 1. The maximum atomic E-state index is 13.4. The van der Waals surface area contributed by atoms with E-state index in [1.807, 2.05) is 11.8 Å². The average molecular weight is 312 g/mol. The van der Waals surface area contributed by atoms with Crippen LogP contribution in [0.2, 0.25) is 0 Å². The highest BCUT2D eigenvalue weighted by Gasteiger charge is 2.41. The molecule has 0 amide bonds. The van der Waals surface area contributed by atoms with Crippen molar-refractivity contribution in [1.29, 1.82) is 0 Å². The molecule has 0 aliphatic carbocycles. The summed E-state index contributed by atoms with van der Waals surface area (Å²) in [4.78, 5) is 11.2. The van der Waals surface area contributed by atoms with Gasteiger partial charge in [-0.1, -0.05) is 0 Å². The highest BCUT2D eigenvalue weighted by molar-refractivity contribution is 7.99. The molecule has 0 bridgehead atoms. The van der Waals surface area contributed by atoms with Crippen LogP contribution in [0.3, 0.4) is 0 Å². The molecule has 0 saturated carbocycles. The highest BCUT2D eigenvalue weighted by Crippen LogP contribution is 2.39. The molecular formula is C15H17FO4S. The fraction of sp³-hybridized carbons (Fsp3) is 0.533. The summed E-state index contributed by atoms with van der Waals surface area (Å²) in [5.41, 5.74) is -0.151. The molecule has 2 aliphatic rings. The molecule has 3 rings (SSSR count). The molecule has 0 radical (unpaired) electrons. The molecule has 6 heteroatoms. The van der Waals surface area contributed by atoms with Crippen LogP contribution in [-0.4, -0.2) is 40.9 Å². The normalized spacial score (nSPS) is 28.7. The van der Waals surface area contributed by atoms with Crippen LogP contribution >= 0.6 is 11.8 Å². The first kappa shape index (κ1) is 14.7. The summed E-state index contributed by atoms with van der Waals surface area (Å²) in [6.07, 6.45) is 2.29. The lowest BCUT2D eigenvalue weighted by atomic mass is 9.91. The summed E-state index contributed by atoms with van der Waals surface area (Å²) in [5.74, 6) is 0.529. The van der Waals surface area contributed by atoms with Crippen molar-refractivity contribution in [2.75, 3.05) is 18.1 Å². The summed E-state index contributed by atoms with van der Waals surface area (Å²) in [5, 5.41) is 9.16. The van der Waals surface area contributed by atoms with Gasteiger partial charge in [-0.3, -0.25) is 0 Å². The minimum atomic E-state index is -1.11. The van der Waals surface area contributed by atoms with Gasteiger partial charge in [-0.2, -0.15) is 11.8 Å². The number of benzene rings is 1. The van der Waals surface area contributed by atoms with Gasteiger partial charge in [-0.25, -0.2) is 9.18 Å². The third-order valence-corrected chi connectivity index (χ3v) is 5.21. The van der Waals surface area contributed by atoms with Gasteiger partial charge in [0.25, 0.3) is 0 Å². The molecule has 1 spiro atoms. The first-order chi connectivity index (χ1) is 10.1. The average Bonchev–Trinajstić information content (AvgIpc) is 2.86. The third kappa shape index (κ3) is 3.16. The van der Waals surface area contributed by atoms with E-state index in [4.69, 9.17) is 14.6 Å². The number of hydrogen-bond donors (Lipinski definition) is 1. The van der Waals surface area contributed by atoms with Gasteiger partial charge >= 0.3 is 5.97 Å². The van der Waals surface area contributed by atoms with E-state index in [1.165, 1.54) is 6.07 Å². The van der Waals surface area contributed by atoms with Gasteiger partial charge in [0.1, 0.15) is 23.2 Å². The maximum Gasteiger partial charge on any atom is 0.339 e. The second-order valence-electron chi connectivity index (χ2n) is 5.51. The smallest absolute Gasteiger partial charge is 0.339 e. The number of hydrogen-bond acceptors (Lipinski definition) is 4. The Labute approximate surface area is 126 Å². The van der Waals surface area contributed by atoms with Crippen molar-refractivity contribution in [1.82, 2.24) is 0 Å². The van der Waals surface area contributed by atoms with Crippen molar-refractivity contribution >= 4 is 17.7 Å². The van der Waals surface area contributed by atoms with E-state index in [2.05, 4.69) is 0 Å². The predicted molar refractivity (Wildman–Crippen MR) is 77.6 cm³/mol. The van der Waals surface area contributed by atoms with Gasteiger partial charge in [-0.15, -0.1) is 0 Å². The molecule has 21 heavy (non-hydrogen) atoms. The molecule has 2 aliphatic heterocycles. The molecule has 2 heterocycles. The number of halogens is 1. The molecule has 4 nitrogen and oxygen atoms in total. The van der Waals surface area contributed by atoms with E-state index in [-0.39, 0.29) is 23.0 Å². The summed E-state index contributed by atoms with van der Waals surface area (Å²) >= 11 is 1.86. The van der Waals surface area contributed by atoms with E-state index in [0.29, 0.717) is 13.0 Å². The Kier molecular flexibility index (Phi) is 4.08. The number of aromatic carboxylic acids is 1. The Morgan fingerprint density at radius 2 is 2.38 bits per heavy atom. The summed E-state index contributed by atoms with van der Waals surface area (Å²) in [6, 6.07) is 3.53. The van der Waals surface area contributed by atoms with Crippen molar-refractivity contribution in [3.63, 3.8) is 0 Å². The van der Waals surface area contributed by atoms with Crippen LogP contribution < -0.4 is 4.74 Å². The lowest BCUT2D eigenvalue weighted by Gasteiger charge is -2.37. The predicted octanol–water partition coefficient (Wildman–Crippen LogP) is 2.96. The van der Waals surface area contributed by atoms with Crippen molar-refractivity contribution in [2.24, 2.45) is 0 Å². The Morgan fingerprint density at radius 1 is 1.52 bits per heavy atom. The van der Waals surface area contributed by atoms with Crippen LogP contribution in [0.25, 0.3) is 0 Å². The van der Waals surface area contributed by atoms with Gasteiger partial charge in [-0.05, 0) is 24.3 Å². The molecule has 1 aromatic carbocycles. The van der Waals surface area contributed by atoms with E-state index < -0.39 is 11.8 Å². The fourth-order valence-corrected chi connectivity index (χ4v) is 4.27. The second kappa shape index (κ2) is 5.85. The van der Waals surface area contributed by atoms with Gasteiger partial charge in [0.05, 0.1) is 12.2 Å². The van der Waals surface area contributed by atoms with Gasteiger partial charge in [0, 0.05) is 24.7 Å². The lowest BCUT2D eigenvalue weighted by molar-refractivity contribution is -0.0960. The number of carboxylic acids is 1. The van der Waals surface area contributed by atoms with E-state index in [9.17, 15) is 9.18 Å². The minimum Gasteiger partial charge on any atom is -0.489 e. The van der Waals surface area contributed by atoms with Gasteiger partial charge in [0.15, 0.2) is 0 Å². The molecule has 2 atom stereocenters. The monoisotopic (exact) mass is 312 g/mol. The van der Waals surface area contributed by atoms with Crippen LogP contribution in [0.15, 0.2) is 18.2 Å². The summed E-state index contributed by atoms with van der Waals surface area (Å²) in [7, 11) is 0. The standard InChI is InChI=1S/C15H17FO4S/c16-10-1-2-12(14(17)18)13(7-10)20-11-3-5-19-15(8-11)4-6-21-9-15/h1-2,7,11H,3-6,8-9H2,(H,17,18). The molecule has 2 unspecified atom stereocenters. The highest BCUT2D eigenvalue weighted by atomic mass is 32.2. The van der Waals surface area contributed by atoms with E-state index in [0.717, 1.165) is 36.5 Å². The van der Waals surface area contributed by atoms with Gasteiger partial charge in [0.2, 0.25) is 0 Å². The molecule has 2 saturated heterocycles. The number of carboxylic acid groups (broad SMARTS) is 1. The van der Waals surface area contributed by atoms with Crippen LogP contribution in [0.1, 0.15) is 29.6 Å². The van der Waals surface area contributed by atoms with E-state index in [1.54, 1.807) is 0 Å². The zero-order valence-electron chi connectivity index (χ0n) is 11.5. The third-order valence-electron chi connectivity index (χ3n) is 3.98. The van der Waals surface area contributed by atoms with Crippen molar-refractivity contribution in [3.8, 4) is 5.75 Å². The van der Waals surface area contributed by atoms with E-state index >= 15 is 0 Å².